The van der Waals surface area contributed by atoms with E-state index in [4.69, 9.17) is 9.72 Å². The number of carbonyl (C=O) groups excluding carboxylic acids is 1. The van der Waals surface area contributed by atoms with Gasteiger partial charge in [0.2, 0.25) is 5.43 Å². The molecule has 1 amide bonds. The average Bonchev–Trinajstić information content (AvgIpc) is 3.60. The van der Waals surface area contributed by atoms with E-state index in [-0.39, 0.29) is 16.9 Å². The van der Waals surface area contributed by atoms with Gasteiger partial charge in [-0.2, -0.15) is 0 Å². The number of ether oxygens (including phenoxy) is 1. The molecule has 0 unspecified atom stereocenters. The van der Waals surface area contributed by atoms with Crippen molar-refractivity contribution >= 4 is 49.1 Å². The van der Waals surface area contributed by atoms with Crippen molar-refractivity contribution in [1.82, 2.24) is 20.0 Å². The minimum atomic E-state index is -0.333. The molecule has 1 saturated heterocycles. The van der Waals surface area contributed by atoms with Crippen LogP contribution >= 0.6 is 11.3 Å². The molecule has 4 aromatic rings. The monoisotopic (exact) mass is 463 g/mol. The Morgan fingerprint density at radius 2 is 1.94 bits per heavy atom. The van der Waals surface area contributed by atoms with Gasteiger partial charge in [-0.15, -0.1) is 11.3 Å². The van der Waals surface area contributed by atoms with Crippen molar-refractivity contribution in [1.29, 1.82) is 0 Å². The number of benzene rings is 1. The number of fused-ring (bicyclic) bond motifs is 5. The van der Waals surface area contributed by atoms with Crippen molar-refractivity contribution in [3.63, 3.8) is 0 Å². The van der Waals surface area contributed by atoms with Gasteiger partial charge >= 0.3 is 0 Å². The molecule has 6 rings (SSSR count). The topological polar surface area (TPSA) is 88.0 Å². The third kappa shape index (κ3) is 3.76. The van der Waals surface area contributed by atoms with Crippen molar-refractivity contribution in [2.75, 3.05) is 44.3 Å². The van der Waals surface area contributed by atoms with Gasteiger partial charge in [-0.3, -0.25) is 14.0 Å². The van der Waals surface area contributed by atoms with Gasteiger partial charge in [0.15, 0.2) is 5.65 Å². The molecule has 170 valence electrons. The second-order valence-electron chi connectivity index (χ2n) is 8.54. The van der Waals surface area contributed by atoms with Crippen LogP contribution in [0.3, 0.4) is 0 Å². The Morgan fingerprint density at radius 3 is 2.76 bits per heavy atom. The lowest BCUT2D eigenvalue weighted by molar-refractivity contribution is 0.0954. The zero-order valence-corrected chi connectivity index (χ0v) is 19.0. The number of rotatable bonds is 6. The van der Waals surface area contributed by atoms with E-state index in [0.717, 1.165) is 29.1 Å². The predicted molar refractivity (Wildman–Crippen MR) is 131 cm³/mol. The largest absolute Gasteiger partial charge is 0.378 e. The van der Waals surface area contributed by atoms with E-state index in [1.165, 1.54) is 24.2 Å². The number of hydrogen-bond acceptors (Lipinski definition) is 7. The Kier molecular flexibility index (Phi) is 5.24. The van der Waals surface area contributed by atoms with Gasteiger partial charge < -0.3 is 20.3 Å². The summed E-state index contributed by atoms with van der Waals surface area (Å²) in [6.07, 6.45) is 2.39. The standard InChI is InChI=1S/C24H25N5O3S/c30-21-16-7-8-19(28-11-13-32-14-12-28)27-22(16)29-17-3-1-2-4-18(17)33-24(29)20(21)23(31)26-10-9-25-15-5-6-15/h1-4,7-8,15,25H,5-6,9-14H2,(H,26,31). The normalized spacial score (nSPS) is 16.7. The van der Waals surface area contributed by atoms with Gasteiger partial charge in [0.1, 0.15) is 16.2 Å². The fraction of sp³-hybridized carbons (Fsp3) is 0.375. The van der Waals surface area contributed by atoms with Crippen molar-refractivity contribution in [3.8, 4) is 0 Å². The van der Waals surface area contributed by atoms with Crippen molar-refractivity contribution < 1.29 is 9.53 Å². The molecule has 2 N–H and O–H groups in total. The Hall–Kier alpha value is -3.01. The molecular formula is C24H25N5O3S. The fourth-order valence-corrected chi connectivity index (χ4v) is 5.56. The van der Waals surface area contributed by atoms with Gasteiger partial charge in [-0.25, -0.2) is 4.98 Å². The first kappa shape index (κ1) is 20.6. The highest BCUT2D eigenvalue weighted by Gasteiger charge is 2.24. The predicted octanol–water partition coefficient (Wildman–Crippen LogP) is 2.38. The highest BCUT2D eigenvalue weighted by Crippen LogP contribution is 2.31. The molecule has 0 atom stereocenters. The van der Waals surface area contributed by atoms with Crippen LogP contribution in [0.5, 0.6) is 0 Å². The number of aromatic nitrogens is 2. The molecule has 0 spiro atoms. The molecule has 2 fully saturated rings. The van der Waals surface area contributed by atoms with E-state index in [2.05, 4.69) is 15.5 Å². The smallest absolute Gasteiger partial charge is 0.258 e. The number of hydrogen-bond donors (Lipinski definition) is 2. The second kappa shape index (κ2) is 8.40. The molecular weight excluding hydrogens is 438 g/mol. The first-order chi connectivity index (χ1) is 16.2. The summed E-state index contributed by atoms with van der Waals surface area (Å²) in [6, 6.07) is 12.2. The fourth-order valence-electron chi connectivity index (χ4n) is 4.38. The molecule has 8 nitrogen and oxygen atoms in total. The van der Waals surface area contributed by atoms with Crippen LogP contribution in [-0.4, -0.2) is 60.7 Å². The Morgan fingerprint density at radius 1 is 1.12 bits per heavy atom. The number of para-hydroxylation sites is 1. The summed E-state index contributed by atoms with van der Waals surface area (Å²) in [4.78, 5) is 34.4. The maximum atomic E-state index is 13.5. The molecule has 3 aromatic heterocycles. The molecule has 2 aliphatic rings. The summed E-state index contributed by atoms with van der Waals surface area (Å²) in [5.41, 5.74) is 1.45. The summed E-state index contributed by atoms with van der Waals surface area (Å²) in [5.74, 6) is 0.485. The van der Waals surface area contributed by atoms with Crippen LogP contribution < -0.4 is 21.0 Å². The summed E-state index contributed by atoms with van der Waals surface area (Å²) in [6.45, 7) is 4.02. The van der Waals surface area contributed by atoms with E-state index < -0.39 is 0 Å². The SMILES string of the molecule is O=C(NCCNC1CC1)c1c(=O)c2ccc(N3CCOCC3)nc2n2c1sc1ccccc12. The van der Waals surface area contributed by atoms with Crippen molar-refractivity contribution in [2.45, 2.75) is 18.9 Å². The first-order valence-corrected chi connectivity index (χ1v) is 12.2. The lowest BCUT2D eigenvalue weighted by Gasteiger charge is -2.27. The summed E-state index contributed by atoms with van der Waals surface area (Å²) >= 11 is 1.45. The van der Waals surface area contributed by atoms with E-state index in [9.17, 15) is 9.59 Å². The molecule has 0 bridgehead atoms. The zero-order valence-electron chi connectivity index (χ0n) is 18.2. The molecule has 1 aromatic carbocycles. The van der Waals surface area contributed by atoms with Crippen LogP contribution in [0.1, 0.15) is 23.2 Å². The Bertz CT molecular complexity index is 1420. The van der Waals surface area contributed by atoms with Crippen molar-refractivity contribution in [2.24, 2.45) is 0 Å². The number of anilines is 1. The lowest BCUT2D eigenvalue weighted by Crippen LogP contribution is -2.37. The number of amides is 1. The third-order valence-corrected chi connectivity index (χ3v) is 7.40. The maximum Gasteiger partial charge on any atom is 0.258 e. The van der Waals surface area contributed by atoms with Gasteiger partial charge in [-0.05, 0) is 37.1 Å². The van der Waals surface area contributed by atoms with E-state index >= 15 is 0 Å². The lowest BCUT2D eigenvalue weighted by atomic mass is 10.1. The number of pyridine rings is 2. The molecule has 9 heteroatoms. The van der Waals surface area contributed by atoms with Crippen LogP contribution in [0.25, 0.3) is 26.1 Å². The number of nitrogens with one attached hydrogen (secondary N) is 2. The van der Waals surface area contributed by atoms with Crippen LogP contribution in [0, 0.1) is 0 Å². The van der Waals surface area contributed by atoms with Gasteiger partial charge in [0.25, 0.3) is 5.91 Å². The average molecular weight is 464 g/mol. The summed E-state index contributed by atoms with van der Waals surface area (Å²) < 4.78 is 8.45. The summed E-state index contributed by atoms with van der Waals surface area (Å²) in [5, 5.41) is 6.77. The number of thiazole rings is 1. The van der Waals surface area contributed by atoms with E-state index in [1.54, 1.807) is 6.07 Å². The maximum absolute atomic E-state index is 13.5. The molecule has 0 radical (unpaired) electrons. The van der Waals surface area contributed by atoms with E-state index in [1.807, 2.05) is 34.7 Å². The second-order valence-corrected chi connectivity index (χ2v) is 9.57. The van der Waals surface area contributed by atoms with Crippen LogP contribution in [-0.2, 0) is 4.74 Å². The van der Waals surface area contributed by atoms with Crippen LogP contribution in [0.4, 0.5) is 5.82 Å². The number of nitrogens with zero attached hydrogens (tertiary/aromatic N) is 3. The highest BCUT2D eigenvalue weighted by atomic mass is 32.1. The van der Waals surface area contributed by atoms with Crippen LogP contribution in [0.2, 0.25) is 0 Å². The number of carbonyl (C=O) groups is 1. The minimum absolute atomic E-state index is 0.191. The molecule has 1 aliphatic carbocycles. The first-order valence-electron chi connectivity index (χ1n) is 11.4. The molecule has 1 aliphatic heterocycles. The molecule has 4 heterocycles. The van der Waals surface area contributed by atoms with Gasteiger partial charge in [-0.1, -0.05) is 12.1 Å². The zero-order chi connectivity index (χ0) is 22.4. The van der Waals surface area contributed by atoms with Crippen molar-refractivity contribution in [3.05, 3.63) is 52.2 Å². The quantitative estimate of drug-likeness (QED) is 0.427. The minimum Gasteiger partial charge on any atom is -0.378 e. The highest BCUT2D eigenvalue weighted by molar-refractivity contribution is 7.24. The summed E-state index contributed by atoms with van der Waals surface area (Å²) in [7, 11) is 0. The molecule has 1 saturated carbocycles. The number of morpholine rings is 1. The Labute approximate surface area is 194 Å². The van der Waals surface area contributed by atoms with Crippen LogP contribution in [0.15, 0.2) is 41.2 Å². The van der Waals surface area contributed by atoms with E-state index in [0.29, 0.717) is 48.2 Å². The third-order valence-electron chi connectivity index (χ3n) is 6.26. The molecule has 33 heavy (non-hydrogen) atoms. The van der Waals surface area contributed by atoms with Gasteiger partial charge in [0, 0.05) is 32.2 Å². The van der Waals surface area contributed by atoms with Gasteiger partial charge in [0.05, 0.1) is 28.8 Å². The Balaban J connectivity index is 1.49.